The maximum atomic E-state index is 13.1. The van der Waals surface area contributed by atoms with Crippen LogP contribution in [-0.2, 0) is 26.7 Å². The van der Waals surface area contributed by atoms with E-state index >= 15 is 0 Å². The van der Waals surface area contributed by atoms with Crippen molar-refractivity contribution in [3.05, 3.63) is 59.3 Å². The fourth-order valence-electron chi connectivity index (χ4n) is 5.58. The van der Waals surface area contributed by atoms with Gasteiger partial charge in [-0.2, -0.15) is 21.6 Å². The Hall–Kier alpha value is -3.27. The first-order valence-electron chi connectivity index (χ1n) is 13.3. The SMILES string of the molecule is COc1ccc(C2(O)CCC(N3CC[C@@H](NC(=O)CN(CS(=O)(=O)O)C(=O)c4cccc(C(F)(F)F)c4)C3)CC2)cn1. The van der Waals surface area contributed by atoms with Crippen molar-refractivity contribution in [2.24, 2.45) is 0 Å². The molecule has 15 heteroatoms. The fourth-order valence-corrected chi connectivity index (χ4v) is 6.18. The number of alkyl halides is 3. The maximum Gasteiger partial charge on any atom is 0.416 e. The summed E-state index contributed by atoms with van der Waals surface area (Å²) in [6.45, 7) is 0.395. The van der Waals surface area contributed by atoms with E-state index in [9.17, 15) is 40.8 Å². The number of hydrogen-bond donors (Lipinski definition) is 3. The average Bonchev–Trinajstić information content (AvgIpc) is 3.39. The number of carbonyl (C=O) groups is 2. The summed E-state index contributed by atoms with van der Waals surface area (Å²) in [4.78, 5) is 32.6. The van der Waals surface area contributed by atoms with Gasteiger partial charge in [0.25, 0.3) is 16.0 Å². The Kier molecular flexibility index (Phi) is 9.45. The number of rotatable bonds is 9. The third-order valence-electron chi connectivity index (χ3n) is 7.74. The number of nitrogens with zero attached hydrogens (tertiary/aromatic N) is 3. The van der Waals surface area contributed by atoms with Gasteiger partial charge in [-0.1, -0.05) is 6.07 Å². The third-order valence-corrected chi connectivity index (χ3v) is 8.38. The van der Waals surface area contributed by atoms with Crippen LogP contribution in [-0.4, -0.2) is 89.4 Å². The van der Waals surface area contributed by atoms with Crippen LogP contribution in [0.15, 0.2) is 42.6 Å². The molecule has 1 aliphatic carbocycles. The van der Waals surface area contributed by atoms with Gasteiger partial charge >= 0.3 is 6.18 Å². The smallest absolute Gasteiger partial charge is 0.416 e. The normalized spacial score (nSPS) is 23.4. The van der Waals surface area contributed by atoms with E-state index in [1.165, 1.54) is 7.11 Å². The molecule has 0 radical (unpaired) electrons. The second-order valence-electron chi connectivity index (χ2n) is 10.7. The van der Waals surface area contributed by atoms with Gasteiger partial charge in [0.2, 0.25) is 11.8 Å². The number of likely N-dealkylation sites (tertiary alicyclic amines) is 1. The van der Waals surface area contributed by atoms with Crippen molar-refractivity contribution in [3.8, 4) is 5.88 Å². The lowest BCUT2D eigenvalue weighted by atomic mass is 9.78. The number of aromatic nitrogens is 1. The number of carbonyl (C=O) groups excluding carboxylic acids is 2. The summed E-state index contributed by atoms with van der Waals surface area (Å²) in [5.41, 5.74) is -1.86. The highest BCUT2D eigenvalue weighted by Gasteiger charge is 2.39. The zero-order valence-corrected chi connectivity index (χ0v) is 23.7. The Morgan fingerprint density at radius 2 is 1.90 bits per heavy atom. The minimum absolute atomic E-state index is 0.178. The number of halogens is 3. The molecular weight excluding hydrogens is 581 g/mol. The molecular formula is C27H33F3N4O7S. The van der Waals surface area contributed by atoms with E-state index in [1.54, 1.807) is 18.3 Å². The van der Waals surface area contributed by atoms with E-state index in [4.69, 9.17) is 4.74 Å². The monoisotopic (exact) mass is 614 g/mol. The van der Waals surface area contributed by atoms with Crippen LogP contribution in [0.2, 0.25) is 0 Å². The second kappa shape index (κ2) is 12.5. The van der Waals surface area contributed by atoms with Gasteiger partial charge in [0.15, 0.2) is 0 Å². The first-order chi connectivity index (χ1) is 19.7. The van der Waals surface area contributed by atoms with Crippen LogP contribution >= 0.6 is 0 Å². The van der Waals surface area contributed by atoms with Gasteiger partial charge in [0, 0.05) is 48.6 Å². The number of amides is 2. The van der Waals surface area contributed by atoms with Gasteiger partial charge < -0.3 is 20.1 Å². The molecule has 4 rings (SSSR count). The highest BCUT2D eigenvalue weighted by molar-refractivity contribution is 7.85. The number of hydrogen-bond acceptors (Lipinski definition) is 8. The zero-order valence-electron chi connectivity index (χ0n) is 22.9. The van der Waals surface area contributed by atoms with Crippen LogP contribution in [0, 0.1) is 0 Å². The fraction of sp³-hybridized carbons (Fsp3) is 0.519. The quantitative estimate of drug-likeness (QED) is 0.362. The summed E-state index contributed by atoms with van der Waals surface area (Å²) in [7, 11) is -3.26. The molecule has 2 amide bonds. The molecule has 1 aromatic heterocycles. The van der Waals surface area contributed by atoms with E-state index in [0.717, 1.165) is 36.6 Å². The summed E-state index contributed by atoms with van der Waals surface area (Å²) < 4.78 is 76.7. The molecule has 2 fully saturated rings. The number of nitrogens with one attached hydrogen (secondary N) is 1. The third kappa shape index (κ3) is 7.96. The lowest BCUT2D eigenvalue weighted by molar-refractivity contribution is -0.137. The van der Waals surface area contributed by atoms with Crippen molar-refractivity contribution in [3.63, 3.8) is 0 Å². The van der Waals surface area contributed by atoms with Gasteiger partial charge in [-0.25, -0.2) is 4.98 Å². The molecule has 230 valence electrons. The lowest BCUT2D eigenvalue weighted by Crippen LogP contribution is -2.47. The number of pyridine rings is 1. The molecule has 2 aromatic rings. The largest absolute Gasteiger partial charge is 0.481 e. The Morgan fingerprint density at radius 1 is 1.19 bits per heavy atom. The molecule has 1 saturated carbocycles. The Balaban J connectivity index is 1.33. The molecule has 1 aliphatic heterocycles. The van der Waals surface area contributed by atoms with Crippen LogP contribution in [0.4, 0.5) is 13.2 Å². The number of methoxy groups -OCH3 is 1. The van der Waals surface area contributed by atoms with Crippen molar-refractivity contribution in [1.29, 1.82) is 0 Å². The first-order valence-corrected chi connectivity index (χ1v) is 15.0. The Labute approximate surface area is 241 Å². The summed E-state index contributed by atoms with van der Waals surface area (Å²) in [5, 5.41) is 13.9. The van der Waals surface area contributed by atoms with E-state index in [2.05, 4.69) is 15.2 Å². The molecule has 2 aliphatic rings. The van der Waals surface area contributed by atoms with Crippen LogP contribution in [0.25, 0.3) is 0 Å². The summed E-state index contributed by atoms with van der Waals surface area (Å²) in [5.74, 6) is -2.66. The molecule has 11 nitrogen and oxygen atoms in total. The van der Waals surface area contributed by atoms with Crippen LogP contribution < -0.4 is 10.1 Å². The molecule has 2 heterocycles. The van der Waals surface area contributed by atoms with Gasteiger partial charge in [-0.15, -0.1) is 0 Å². The number of benzene rings is 1. The highest BCUT2D eigenvalue weighted by atomic mass is 32.2. The predicted octanol–water partition coefficient (Wildman–Crippen LogP) is 2.42. The standard InChI is InChI=1S/C27H33F3N4O7S/c1-41-24-6-5-20(14-31-24)26(37)10-7-22(8-11-26)33-12-9-21(15-33)32-23(35)16-34(17-42(38,39)40)25(36)18-3-2-4-19(13-18)27(28,29)30/h2-6,13-14,21-22,37H,7-12,15-17H2,1H3,(H,32,35)(H,38,39,40)/t21-,22?,26?/m1/s1. The van der Waals surface area contributed by atoms with Crippen molar-refractivity contribution in [1.82, 2.24) is 20.1 Å². The molecule has 0 unspecified atom stereocenters. The van der Waals surface area contributed by atoms with E-state index in [-0.39, 0.29) is 12.1 Å². The van der Waals surface area contributed by atoms with Gasteiger partial charge in [0.1, 0.15) is 12.4 Å². The highest BCUT2D eigenvalue weighted by Crippen LogP contribution is 2.39. The first kappa shape index (κ1) is 31.7. The van der Waals surface area contributed by atoms with Crippen molar-refractivity contribution in [2.45, 2.75) is 56.0 Å². The van der Waals surface area contributed by atoms with Gasteiger partial charge in [0.05, 0.1) is 18.3 Å². The Morgan fingerprint density at radius 3 is 2.50 bits per heavy atom. The van der Waals surface area contributed by atoms with Crippen molar-refractivity contribution in [2.75, 3.05) is 32.6 Å². The molecule has 1 saturated heterocycles. The molecule has 0 bridgehead atoms. The predicted molar refractivity (Wildman–Crippen MR) is 144 cm³/mol. The van der Waals surface area contributed by atoms with E-state index < -0.39 is 57.3 Å². The topological polar surface area (TPSA) is 149 Å². The zero-order chi connectivity index (χ0) is 30.7. The molecule has 1 aromatic carbocycles. The van der Waals surface area contributed by atoms with Crippen LogP contribution in [0.5, 0.6) is 5.88 Å². The molecule has 0 spiro atoms. The van der Waals surface area contributed by atoms with Crippen LogP contribution in [0.1, 0.15) is 53.6 Å². The van der Waals surface area contributed by atoms with E-state index in [0.29, 0.717) is 49.2 Å². The summed E-state index contributed by atoms with van der Waals surface area (Å²) >= 11 is 0. The van der Waals surface area contributed by atoms with Crippen molar-refractivity contribution >= 4 is 21.9 Å². The number of aliphatic hydroxyl groups is 1. The van der Waals surface area contributed by atoms with Crippen molar-refractivity contribution < 1.29 is 45.6 Å². The second-order valence-corrected chi connectivity index (χ2v) is 12.1. The lowest BCUT2D eigenvalue weighted by Gasteiger charge is -2.39. The average molecular weight is 615 g/mol. The Bertz CT molecular complexity index is 1380. The summed E-state index contributed by atoms with van der Waals surface area (Å²) in [6.07, 6.45) is -0.0330. The minimum atomic E-state index is -4.78. The van der Waals surface area contributed by atoms with Gasteiger partial charge in [-0.05, 0) is 56.4 Å². The molecule has 3 N–H and O–H groups in total. The maximum absolute atomic E-state index is 13.1. The molecule has 42 heavy (non-hydrogen) atoms. The molecule has 1 atom stereocenters. The van der Waals surface area contributed by atoms with Gasteiger partial charge in [-0.3, -0.25) is 19.0 Å². The minimum Gasteiger partial charge on any atom is -0.481 e. The van der Waals surface area contributed by atoms with Crippen LogP contribution in [0.3, 0.4) is 0 Å². The van der Waals surface area contributed by atoms with E-state index in [1.807, 2.05) is 0 Å². The summed E-state index contributed by atoms with van der Waals surface area (Å²) in [6, 6.07) is 6.76. The number of ether oxygens (including phenoxy) is 1.